The Kier molecular flexibility index (Phi) is 31.2. The molecule has 0 aromatic rings. The van der Waals surface area contributed by atoms with Crippen LogP contribution in [0.2, 0.25) is 0 Å². The van der Waals surface area contributed by atoms with Crippen molar-refractivity contribution in [2.75, 3.05) is 40.6 Å². The quantitative estimate of drug-likeness (QED) is 0.125. The van der Waals surface area contributed by atoms with Crippen LogP contribution in [0.4, 0.5) is 0 Å². The topological polar surface area (TPSA) is 128 Å². The van der Waals surface area contributed by atoms with Crippen molar-refractivity contribution in [1.82, 2.24) is 0 Å². The van der Waals surface area contributed by atoms with Gasteiger partial charge in [-0.2, -0.15) is 0 Å². The van der Waals surface area contributed by atoms with Crippen LogP contribution in [0.5, 0.6) is 0 Å². The number of carboxylic acids is 1. The Morgan fingerprint density at radius 3 is 1.74 bits per heavy atom. The SMILES string of the molecule is CCCCCCCCCCOC(=O)CC(CC(=O)COC)C(=O)OCCC.COCC(=O)[O-].[Na+]. The number of hydrogen-bond donors (Lipinski definition) is 0. The number of ketones is 1. The van der Waals surface area contributed by atoms with Crippen LogP contribution in [-0.4, -0.2) is 64.3 Å². The van der Waals surface area contributed by atoms with Crippen molar-refractivity contribution in [2.45, 2.75) is 84.5 Å². The summed E-state index contributed by atoms with van der Waals surface area (Å²) >= 11 is 0. The van der Waals surface area contributed by atoms with Gasteiger partial charge in [0.05, 0.1) is 38.1 Å². The summed E-state index contributed by atoms with van der Waals surface area (Å²) in [5.41, 5.74) is 0. The Hall–Kier alpha value is -1.00. The molecule has 0 aliphatic rings. The van der Waals surface area contributed by atoms with Gasteiger partial charge in [0.25, 0.3) is 0 Å². The molecule has 9 nitrogen and oxygen atoms in total. The molecule has 0 saturated carbocycles. The second-order valence-electron chi connectivity index (χ2n) is 7.74. The van der Waals surface area contributed by atoms with Crippen LogP contribution in [0.1, 0.15) is 84.5 Å². The summed E-state index contributed by atoms with van der Waals surface area (Å²) in [7, 11) is 2.72. The summed E-state index contributed by atoms with van der Waals surface area (Å²) in [5, 5.41) is 9.36. The summed E-state index contributed by atoms with van der Waals surface area (Å²) < 4.78 is 19.2. The van der Waals surface area contributed by atoms with Gasteiger partial charge in [-0.3, -0.25) is 14.4 Å². The summed E-state index contributed by atoms with van der Waals surface area (Å²) in [4.78, 5) is 45.2. The van der Waals surface area contributed by atoms with Gasteiger partial charge in [0.1, 0.15) is 6.61 Å². The van der Waals surface area contributed by atoms with E-state index in [1.807, 2.05) is 6.92 Å². The minimum Gasteiger partial charge on any atom is -0.548 e. The molecule has 194 valence electrons. The molecular formula is C24H43NaO9. The van der Waals surface area contributed by atoms with E-state index >= 15 is 0 Å². The fourth-order valence-electron chi connectivity index (χ4n) is 2.85. The molecular weight excluding hydrogens is 455 g/mol. The molecule has 0 heterocycles. The molecule has 0 aliphatic heterocycles. The van der Waals surface area contributed by atoms with E-state index in [0.717, 1.165) is 19.3 Å². The predicted octanol–water partition coefficient (Wildman–Crippen LogP) is -0.378. The van der Waals surface area contributed by atoms with Crippen molar-refractivity contribution < 1.29 is 72.8 Å². The third kappa shape index (κ3) is 27.2. The van der Waals surface area contributed by atoms with Crippen LogP contribution in [0.15, 0.2) is 0 Å². The Balaban J connectivity index is -0.00000121. The van der Waals surface area contributed by atoms with Gasteiger partial charge in [-0.1, -0.05) is 58.8 Å². The van der Waals surface area contributed by atoms with E-state index in [4.69, 9.17) is 14.2 Å². The first-order valence-corrected chi connectivity index (χ1v) is 11.8. The molecule has 1 atom stereocenters. The van der Waals surface area contributed by atoms with E-state index in [1.54, 1.807) is 0 Å². The van der Waals surface area contributed by atoms with Crippen molar-refractivity contribution in [2.24, 2.45) is 5.92 Å². The molecule has 0 spiro atoms. The van der Waals surface area contributed by atoms with Crippen LogP contribution < -0.4 is 34.7 Å². The second kappa shape index (κ2) is 28.2. The normalized spacial score (nSPS) is 10.8. The van der Waals surface area contributed by atoms with Crippen LogP contribution in [0, 0.1) is 5.92 Å². The molecule has 10 heteroatoms. The van der Waals surface area contributed by atoms with Crippen LogP contribution in [0.3, 0.4) is 0 Å². The van der Waals surface area contributed by atoms with Crippen molar-refractivity contribution in [3.05, 3.63) is 0 Å². The van der Waals surface area contributed by atoms with Gasteiger partial charge in [0.2, 0.25) is 0 Å². The van der Waals surface area contributed by atoms with Gasteiger partial charge in [-0.15, -0.1) is 0 Å². The molecule has 0 radical (unpaired) electrons. The first-order chi connectivity index (χ1) is 15.8. The van der Waals surface area contributed by atoms with Crippen LogP contribution >= 0.6 is 0 Å². The number of hydrogen-bond acceptors (Lipinski definition) is 9. The Bertz CT molecular complexity index is 527. The van der Waals surface area contributed by atoms with Crippen molar-refractivity contribution in [3.63, 3.8) is 0 Å². The minimum absolute atomic E-state index is 0. The Morgan fingerprint density at radius 1 is 0.706 bits per heavy atom. The second-order valence-corrected chi connectivity index (χ2v) is 7.74. The third-order valence-corrected chi connectivity index (χ3v) is 4.50. The average Bonchev–Trinajstić information content (AvgIpc) is 2.76. The fourth-order valence-corrected chi connectivity index (χ4v) is 2.85. The van der Waals surface area contributed by atoms with Crippen molar-refractivity contribution in [3.8, 4) is 0 Å². The predicted molar refractivity (Wildman–Crippen MR) is 121 cm³/mol. The van der Waals surface area contributed by atoms with Gasteiger partial charge in [-0.05, 0) is 12.8 Å². The number of aliphatic carboxylic acids is 1. The number of carbonyl (C=O) groups excluding carboxylic acids is 4. The van der Waals surface area contributed by atoms with Gasteiger partial charge in [0, 0.05) is 20.6 Å². The zero-order chi connectivity index (χ0) is 25.3. The van der Waals surface area contributed by atoms with E-state index in [2.05, 4.69) is 11.7 Å². The van der Waals surface area contributed by atoms with E-state index in [1.165, 1.54) is 46.3 Å². The first kappa shape index (κ1) is 37.5. The standard InChI is InChI=1S/C21H38O6.C3H6O3.Na/c1-4-6-7-8-9-10-11-12-14-26-20(23)16-18(15-19(22)17-25-3)21(24)27-13-5-2;1-6-2-3(4)5;/h18H,4-17H2,1-3H3;2H2,1H3,(H,4,5);/q;;+1/p-1. The minimum atomic E-state index is -1.18. The first-order valence-electron chi connectivity index (χ1n) is 11.8. The van der Waals surface area contributed by atoms with Crippen LogP contribution in [0.25, 0.3) is 0 Å². The molecule has 0 fully saturated rings. The summed E-state index contributed by atoms with van der Waals surface area (Å²) in [6.45, 7) is 4.33. The fraction of sp³-hybridized carbons (Fsp3) is 0.833. The molecule has 0 saturated heterocycles. The molecule has 34 heavy (non-hydrogen) atoms. The summed E-state index contributed by atoms with van der Waals surface area (Å²) in [6, 6.07) is 0. The number of carbonyl (C=O) groups is 4. The maximum atomic E-state index is 12.1. The Morgan fingerprint density at radius 2 is 1.26 bits per heavy atom. The third-order valence-electron chi connectivity index (χ3n) is 4.50. The van der Waals surface area contributed by atoms with E-state index in [0.29, 0.717) is 13.0 Å². The van der Waals surface area contributed by atoms with E-state index < -0.39 is 23.8 Å². The van der Waals surface area contributed by atoms with E-state index in [9.17, 15) is 24.3 Å². The number of ether oxygens (including phenoxy) is 4. The van der Waals surface area contributed by atoms with Gasteiger partial charge in [-0.25, -0.2) is 0 Å². The zero-order valence-electron chi connectivity index (χ0n) is 21.9. The summed E-state index contributed by atoms with van der Waals surface area (Å²) in [6.07, 6.45) is 9.84. The summed E-state index contributed by atoms with van der Waals surface area (Å²) in [5.74, 6) is -3.19. The molecule has 0 N–H and O–H groups in total. The molecule has 1 unspecified atom stereocenters. The largest absolute Gasteiger partial charge is 1.00 e. The van der Waals surface area contributed by atoms with Gasteiger partial charge in [0.15, 0.2) is 5.78 Å². The molecule has 0 rings (SSSR count). The van der Waals surface area contributed by atoms with Gasteiger partial charge >= 0.3 is 41.5 Å². The molecule has 0 amide bonds. The number of carboxylic acid groups (broad SMARTS) is 1. The van der Waals surface area contributed by atoms with E-state index in [-0.39, 0.29) is 68.0 Å². The number of methoxy groups -OCH3 is 2. The Labute approximate surface area is 226 Å². The monoisotopic (exact) mass is 498 g/mol. The van der Waals surface area contributed by atoms with Crippen molar-refractivity contribution in [1.29, 1.82) is 0 Å². The molecule has 0 bridgehead atoms. The zero-order valence-corrected chi connectivity index (χ0v) is 23.9. The van der Waals surface area contributed by atoms with Gasteiger partial charge < -0.3 is 28.8 Å². The van der Waals surface area contributed by atoms with Crippen LogP contribution in [-0.2, 0) is 38.1 Å². The molecule has 0 aromatic heterocycles. The number of Topliss-reactive ketones (excluding diaryl/α,β-unsaturated/α-hetero) is 1. The average molecular weight is 499 g/mol. The molecule has 0 aliphatic carbocycles. The number of unbranched alkanes of at least 4 members (excludes halogenated alkanes) is 7. The number of rotatable bonds is 20. The smallest absolute Gasteiger partial charge is 0.548 e. The molecule has 0 aromatic carbocycles. The number of esters is 2. The maximum Gasteiger partial charge on any atom is 1.00 e. The maximum absolute atomic E-state index is 12.1. The van der Waals surface area contributed by atoms with Crippen molar-refractivity contribution >= 4 is 23.7 Å².